The molecule has 4 heteroatoms. The van der Waals surface area contributed by atoms with Crippen LogP contribution in [0.2, 0.25) is 0 Å². The molecule has 0 radical (unpaired) electrons. The SMILES string of the molecule is CC(C)(C#N)CN1Cc2c(ccc3ccc(Br)cc23)C1=O. The molecule has 21 heavy (non-hydrogen) atoms. The summed E-state index contributed by atoms with van der Waals surface area (Å²) in [6, 6.07) is 12.2. The van der Waals surface area contributed by atoms with E-state index in [4.69, 9.17) is 0 Å². The number of amides is 1. The number of carbonyl (C=O) groups is 1. The molecule has 0 saturated heterocycles. The number of nitriles is 1. The minimum absolute atomic E-state index is 0.0233. The standard InChI is InChI=1S/C17H15BrN2O/c1-17(2,9-19)10-20-8-15-13(16(20)21)6-4-11-3-5-12(18)7-14(11)15/h3-7H,8,10H2,1-2H3. The number of nitrogens with zero attached hydrogens (tertiary/aromatic N) is 2. The fourth-order valence-corrected chi connectivity index (χ4v) is 3.16. The van der Waals surface area contributed by atoms with Crippen molar-refractivity contribution in [2.45, 2.75) is 20.4 Å². The van der Waals surface area contributed by atoms with Gasteiger partial charge in [-0.2, -0.15) is 5.26 Å². The van der Waals surface area contributed by atoms with Gasteiger partial charge >= 0.3 is 0 Å². The lowest BCUT2D eigenvalue weighted by molar-refractivity contribution is 0.0738. The van der Waals surface area contributed by atoms with Gasteiger partial charge in [0.15, 0.2) is 0 Å². The van der Waals surface area contributed by atoms with Crippen molar-refractivity contribution in [3.8, 4) is 6.07 Å². The molecule has 0 N–H and O–H groups in total. The van der Waals surface area contributed by atoms with Gasteiger partial charge in [0.1, 0.15) is 0 Å². The maximum absolute atomic E-state index is 12.5. The molecule has 3 rings (SSSR count). The third kappa shape index (κ3) is 2.43. The molecule has 3 nitrogen and oxygen atoms in total. The Morgan fingerprint density at radius 3 is 2.76 bits per heavy atom. The van der Waals surface area contributed by atoms with Crippen molar-refractivity contribution < 1.29 is 4.79 Å². The van der Waals surface area contributed by atoms with E-state index in [1.54, 1.807) is 4.90 Å². The van der Waals surface area contributed by atoms with Gasteiger partial charge in [-0.15, -0.1) is 0 Å². The topological polar surface area (TPSA) is 44.1 Å². The summed E-state index contributed by atoms with van der Waals surface area (Å²) in [6.45, 7) is 4.75. The highest BCUT2D eigenvalue weighted by Gasteiger charge is 2.32. The van der Waals surface area contributed by atoms with Crippen molar-refractivity contribution >= 4 is 32.6 Å². The Morgan fingerprint density at radius 2 is 2.05 bits per heavy atom. The van der Waals surface area contributed by atoms with E-state index in [1.807, 2.05) is 38.1 Å². The van der Waals surface area contributed by atoms with Crippen LogP contribution in [0.15, 0.2) is 34.8 Å². The van der Waals surface area contributed by atoms with Gasteiger partial charge in [-0.3, -0.25) is 4.79 Å². The lowest BCUT2D eigenvalue weighted by Gasteiger charge is -2.23. The Balaban J connectivity index is 2.05. The van der Waals surface area contributed by atoms with Gasteiger partial charge in [0.2, 0.25) is 0 Å². The molecule has 1 amide bonds. The van der Waals surface area contributed by atoms with E-state index in [0.29, 0.717) is 13.1 Å². The van der Waals surface area contributed by atoms with Crippen molar-refractivity contribution in [1.29, 1.82) is 5.26 Å². The average molecular weight is 343 g/mol. The third-order valence-electron chi connectivity index (χ3n) is 3.85. The van der Waals surface area contributed by atoms with E-state index < -0.39 is 5.41 Å². The zero-order chi connectivity index (χ0) is 15.2. The van der Waals surface area contributed by atoms with Crippen LogP contribution in [0.3, 0.4) is 0 Å². The highest BCUT2D eigenvalue weighted by atomic mass is 79.9. The summed E-state index contributed by atoms with van der Waals surface area (Å²) in [7, 11) is 0. The van der Waals surface area contributed by atoms with E-state index in [9.17, 15) is 10.1 Å². The van der Waals surface area contributed by atoms with Crippen LogP contribution >= 0.6 is 15.9 Å². The normalized spacial score (nSPS) is 14.4. The van der Waals surface area contributed by atoms with Crippen LogP contribution in [0.4, 0.5) is 0 Å². The van der Waals surface area contributed by atoms with Crippen LogP contribution < -0.4 is 0 Å². The molecule has 1 heterocycles. The summed E-state index contributed by atoms with van der Waals surface area (Å²) in [5.74, 6) is 0.0233. The molecule has 106 valence electrons. The first-order valence-corrected chi connectivity index (χ1v) is 7.62. The number of hydrogen-bond acceptors (Lipinski definition) is 2. The molecule has 0 spiro atoms. The number of halogens is 1. The predicted octanol–water partition coefficient (Wildman–Crippen LogP) is 4.11. The van der Waals surface area contributed by atoms with Crippen molar-refractivity contribution in [2.24, 2.45) is 5.41 Å². The molecule has 0 fully saturated rings. The molecule has 0 unspecified atom stereocenters. The molecule has 2 aromatic carbocycles. The van der Waals surface area contributed by atoms with Crippen LogP contribution in [0, 0.1) is 16.7 Å². The van der Waals surface area contributed by atoms with Crippen molar-refractivity contribution in [3.63, 3.8) is 0 Å². The summed E-state index contributed by atoms with van der Waals surface area (Å²) < 4.78 is 1.01. The number of carbonyl (C=O) groups excluding carboxylic acids is 1. The fraction of sp³-hybridized carbons (Fsp3) is 0.294. The highest BCUT2D eigenvalue weighted by molar-refractivity contribution is 9.10. The molecule has 2 aromatic rings. The van der Waals surface area contributed by atoms with Gasteiger partial charge < -0.3 is 4.90 Å². The van der Waals surface area contributed by atoms with Gasteiger partial charge in [-0.05, 0) is 48.4 Å². The van der Waals surface area contributed by atoms with Crippen molar-refractivity contribution in [2.75, 3.05) is 6.54 Å². The second-order valence-electron chi connectivity index (χ2n) is 6.11. The summed E-state index contributed by atoms with van der Waals surface area (Å²) in [5, 5.41) is 11.4. The smallest absolute Gasteiger partial charge is 0.254 e. The van der Waals surface area contributed by atoms with Crippen molar-refractivity contribution in [1.82, 2.24) is 4.90 Å². The van der Waals surface area contributed by atoms with Gasteiger partial charge in [0, 0.05) is 23.1 Å². The predicted molar refractivity (Wildman–Crippen MR) is 85.8 cm³/mol. The summed E-state index contributed by atoms with van der Waals surface area (Å²) >= 11 is 3.49. The van der Waals surface area contributed by atoms with Crippen molar-refractivity contribution in [3.05, 3.63) is 45.9 Å². The van der Waals surface area contributed by atoms with Crippen LogP contribution in [0.1, 0.15) is 29.8 Å². The minimum Gasteiger partial charge on any atom is -0.333 e. The zero-order valence-corrected chi connectivity index (χ0v) is 13.6. The molecular formula is C17H15BrN2O. The minimum atomic E-state index is -0.534. The van der Waals surface area contributed by atoms with Gasteiger partial charge in [-0.25, -0.2) is 0 Å². The number of fused-ring (bicyclic) bond motifs is 3. The monoisotopic (exact) mass is 342 g/mol. The Morgan fingerprint density at radius 1 is 1.33 bits per heavy atom. The highest BCUT2D eigenvalue weighted by Crippen LogP contribution is 2.33. The Labute approximate surface area is 132 Å². The van der Waals surface area contributed by atoms with E-state index in [0.717, 1.165) is 26.4 Å². The van der Waals surface area contributed by atoms with E-state index in [1.165, 1.54) is 0 Å². The number of hydrogen-bond donors (Lipinski definition) is 0. The molecule has 0 aromatic heterocycles. The summed E-state index contributed by atoms with van der Waals surface area (Å²) in [6.07, 6.45) is 0. The Kier molecular flexibility index (Phi) is 3.26. The molecule has 0 atom stereocenters. The van der Waals surface area contributed by atoms with Gasteiger partial charge in [0.25, 0.3) is 5.91 Å². The van der Waals surface area contributed by atoms with Crippen LogP contribution in [0.5, 0.6) is 0 Å². The Hall–Kier alpha value is -1.86. The van der Waals surface area contributed by atoms with Gasteiger partial charge in [0.05, 0.1) is 11.5 Å². The van der Waals surface area contributed by atoms with Crippen LogP contribution in [-0.4, -0.2) is 17.4 Å². The molecule has 0 saturated carbocycles. The average Bonchev–Trinajstić information content (AvgIpc) is 2.76. The second kappa shape index (κ2) is 4.85. The molecule has 0 aliphatic carbocycles. The fourth-order valence-electron chi connectivity index (χ4n) is 2.80. The third-order valence-corrected chi connectivity index (χ3v) is 4.34. The lowest BCUT2D eigenvalue weighted by atomic mass is 9.95. The molecular weight excluding hydrogens is 328 g/mol. The van der Waals surface area contributed by atoms with E-state index in [-0.39, 0.29) is 5.91 Å². The summed E-state index contributed by atoms with van der Waals surface area (Å²) in [5.41, 5.74) is 1.29. The Bertz CT molecular complexity index is 789. The van der Waals surface area contributed by atoms with Crippen LogP contribution in [0.25, 0.3) is 10.8 Å². The maximum atomic E-state index is 12.5. The first kappa shape index (κ1) is 14.1. The second-order valence-corrected chi connectivity index (χ2v) is 7.03. The maximum Gasteiger partial charge on any atom is 0.254 e. The molecule has 1 aliphatic rings. The number of rotatable bonds is 2. The lowest BCUT2D eigenvalue weighted by Crippen LogP contribution is -2.33. The largest absolute Gasteiger partial charge is 0.333 e. The first-order valence-electron chi connectivity index (χ1n) is 6.83. The number of benzene rings is 2. The van der Waals surface area contributed by atoms with E-state index in [2.05, 4.69) is 28.1 Å². The zero-order valence-electron chi connectivity index (χ0n) is 12.0. The van der Waals surface area contributed by atoms with Crippen LogP contribution in [-0.2, 0) is 6.54 Å². The quantitative estimate of drug-likeness (QED) is 0.824. The van der Waals surface area contributed by atoms with E-state index >= 15 is 0 Å². The molecule has 0 bridgehead atoms. The summed E-state index contributed by atoms with van der Waals surface area (Å²) in [4.78, 5) is 14.3. The first-order chi connectivity index (χ1) is 9.91. The molecule has 1 aliphatic heterocycles. The van der Waals surface area contributed by atoms with Gasteiger partial charge in [-0.1, -0.05) is 28.1 Å².